The summed E-state index contributed by atoms with van der Waals surface area (Å²) in [4.78, 5) is 23.2. The Morgan fingerprint density at radius 1 is 1.13 bits per heavy atom. The first-order valence-electron chi connectivity index (χ1n) is 8.38. The molecule has 0 saturated heterocycles. The summed E-state index contributed by atoms with van der Waals surface area (Å²) >= 11 is 0. The van der Waals surface area contributed by atoms with Gasteiger partial charge in [-0.15, -0.1) is 0 Å². The Balaban J connectivity index is 1.51. The average Bonchev–Trinajstić information content (AvgIpc) is 3.37. The molecule has 23 heavy (non-hydrogen) atoms. The number of rotatable bonds is 6. The van der Waals surface area contributed by atoms with Gasteiger partial charge in [0.25, 0.3) is 0 Å². The minimum atomic E-state index is -1.21. The lowest BCUT2D eigenvalue weighted by Gasteiger charge is -2.21. The first kappa shape index (κ1) is 15.8. The summed E-state index contributed by atoms with van der Waals surface area (Å²) < 4.78 is 5.82. The number of benzene rings is 1. The van der Waals surface area contributed by atoms with Gasteiger partial charge < -0.3 is 15.2 Å². The second kappa shape index (κ2) is 6.60. The van der Waals surface area contributed by atoms with Gasteiger partial charge in [-0.3, -0.25) is 9.59 Å². The topological polar surface area (TPSA) is 75.6 Å². The first-order chi connectivity index (χ1) is 11.1. The van der Waals surface area contributed by atoms with Gasteiger partial charge in [-0.05, 0) is 55.9 Å². The van der Waals surface area contributed by atoms with Crippen LogP contribution in [0.1, 0.15) is 44.9 Å². The predicted octanol–water partition coefficient (Wildman–Crippen LogP) is 3.45. The standard InChI is InChI=1S/C18H23NO4/c20-16(18(10-11-18)17(21)22)19-14-6-8-15(9-7-14)23-12-13-4-2-1-3-5-13/h6-9,13H,1-5,10-12H2,(H,19,20)(H,21,22). The summed E-state index contributed by atoms with van der Waals surface area (Å²) in [6.07, 6.45) is 7.24. The number of nitrogens with one attached hydrogen (secondary N) is 1. The fraction of sp³-hybridized carbons (Fsp3) is 0.556. The van der Waals surface area contributed by atoms with E-state index in [1.807, 2.05) is 12.1 Å². The van der Waals surface area contributed by atoms with Gasteiger partial charge in [0.15, 0.2) is 0 Å². The van der Waals surface area contributed by atoms with Gasteiger partial charge >= 0.3 is 5.97 Å². The number of amides is 1. The summed E-state index contributed by atoms with van der Waals surface area (Å²) in [5, 5.41) is 11.8. The SMILES string of the molecule is O=C(O)C1(C(=O)Nc2ccc(OCC3CCCCC3)cc2)CC1. The highest BCUT2D eigenvalue weighted by molar-refractivity contribution is 6.10. The third-order valence-corrected chi connectivity index (χ3v) is 4.92. The van der Waals surface area contributed by atoms with Gasteiger partial charge in [-0.1, -0.05) is 19.3 Å². The second-order valence-electron chi connectivity index (χ2n) is 6.68. The number of carboxylic acids is 1. The fourth-order valence-corrected chi connectivity index (χ4v) is 3.12. The molecule has 0 unspecified atom stereocenters. The van der Waals surface area contributed by atoms with Crippen LogP contribution in [-0.4, -0.2) is 23.6 Å². The molecule has 0 atom stereocenters. The van der Waals surface area contributed by atoms with Crippen molar-refractivity contribution in [2.45, 2.75) is 44.9 Å². The summed E-state index contributed by atoms with van der Waals surface area (Å²) in [5.41, 5.74) is -0.608. The van der Waals surface area contributed by atoms with Crippen LogP contribution in [0.25, 0.3) is 0 Å². The molecule has 0 aromatic heterocycles. The third-order valence-electron chi connectivity index (χ3n) is 4.92. The van der Waals surface area contributed by atoms with E-state index in [4.69, 9.17) is 9.84 Å². The van der Waals surface area contributed by atoms with Gasteiger partial charge in [0, 0.05) is 5.69 Å². The molecule has 0 bridgehead atoms. The maximum Gasteiger partial charge on any atom is 0.319 e. The lowest BCUT2D eigenvalue weighted by atomic mass is 9.90. The lowest BCUT2D eigenvalue weighted by Crippen LogP contribution is -2.31. The molecule has 0 spiro atoms. The van der Waals surface area contributed by atoms with Crippen molar-refractivity contribution in [1.82, 2.24) is 0 Å². The van der Waals surface area contributed by atoms with Gasteiger partial charge in [0.05, 0.1) is 6.61 Å². The van der Waals surface area contributed by atoms with E-state index in [9.17, 15) is 9.59 Å². The average molecular weight is 317 g/mol. The van der Waals surface area contributed by atoms with Crippen molar-refractivity contribution in [1.29, 1.82) is 0 Å². The van der Waals surface area contributed by atoms with Crippen molar-refractivity contribution in [3.8, 4) is 5.75 Å². The van der Waals surface area contributed by atoms with Crippen LogP contribution >= 0.6 is 0 Å². The van der Waals surface area contributed by atoms with Crippen molar-refractivity contribution < 1.29 is 19.4 Å². The Kier molecular flexibility index (Phi) is 4.55. The van der Waals surface area contributed by atoms with E-state index in [0.29, 0.717) is 24.4 Å². The van der Waals surface area contributed by atoms with Gasteiger partial charge in [0.2, 0.25) is 5.91 Å². The molecule has 5 heteroatoms. The molecular weight excluding hydrogens is 294 g/mol. The zero-order valence-electron chi connectivity index (χ0n) is 13.2. The largest absolute Gasteiger partial charge is 0.493 e. The highest BCUT2D eigenvalue weighted by atomic mass is 16.5. The fourth-order valence-electron chi connectivity index (χ4n) is 3.12. The molecule has 1 aromatic rings. The van der Waals surface area contributed by atoms with E-state index in [1.165, 1.54) is 32.1 Å². The predicted molar refractivity (Wildman–Crippen MR) is 86.4 cm³/mol. The number of carbonyl (C=O) groups excluding carboxylic acids is 1. The highest BCUT2D eigenvalue weighted by Crippen LogP contribution is 2.46. The Morgan fingerprint density at radius 2 is 1.78 bits per heavy atom. The molecule has 2 aliphatic carbocycles. The van der Waals surface area contributed by atoms with Crippen LogP contribution in [0.3, 0.4) is 0 Å². The number of hydrogen-bond donors (Lipinski definition) is 2. The van der Waals surface area contributed by atoms with Gasteiger partial charge in [0.1, 0.15) is 11.2 Å². The summed E-state index contributed by atoms with van der Waals surface area (Å²) in [6.45, 7) is 0.744. The molecule has 0 aliphatic heterocycles. The molecule has 2 saturated carbocycles. The van der Waals surface area contributed by atoms with Crippen LogP contribution in [0.4, 0.5) is 5.69 Å². The first-order valence-corrected chi connectivity index (χ1v) is 8.38. The van der Waals surface area contributed by atoms with E-state index < -0.39 is 17.3 Å². The molecule has 2 fully saturated rings. The van der Waals surface area contributed by atoms with Gasteiger partial charge in [-0.25, -0.2) is 0 Å². The zero-order valence-corrected chi connectivity index (χ0v) is 13.2. The maximum atomic E-state index is 12.0. The number of carboxylic acid groups (broad SMARTS) is 1. The molecule has 5 nitrogen and oxygen atoms in total. The van der Waals surface area contributed by atoms with Crippen LogP contribution in [0, 0.1) is 11.3 Å². The molecule has 2 aliphatic rings. The molecule has 3 rings (SSSR count). The quantitative estimate of drug-likeness (QED) is 0.788. The number of carbonyl (C=O) groups is 2. The van der Waals surface area contributed by atoms with Crippen LogP contribution in [-0.2, 0) is 9.59 Å². The van der Waals surface area contributed by atoms with Crippen molar-refractivity contribution >= 4 is 17.6 Å². The molecule has 2 N–H and O–H groups in total. The van der Waals surface area contributed by atoms with E-state index in [2.05, 4.69) is 5.32 Å². The minimum absolute atomic E-state index is 0.413. The van der Waals surface area contributed by atoms with Crippen molar-refractivity contribution in [3.63, 3.8) is 0 Å². The van der Waals surface area contributed by atoms with Crippen LogP contribution in [0.15, 0.2) is 24.3 Å². The van der Waals surface area contributed by atoms with E-state index in [0.717, 1.165) is 12.4 Å². The normalized spacial score (nSPS) is 19.8. The van der Waals surface area contributed by atoms with Crippen LogP contribution in [0.2, 0.25) is 0 Å². The van der Waals surface area contributed by atoms with Gasteiger partial charge in [-0.2, -0.15) is 0 Å². The molecule has 1 amide bonds. The smallest absolute Gasteiger partial charge is 0.319 e. The molecule has 0 radical (unpaired) electrons. The summed E-state index contributed by atoms with van der Waals surface area (Å²) in [5.74, 6) is -0.0373. The van der Waals surface area contributed by atoms with Crippen LogP contribution in [0.5, 0.6) is 5.75 Å². The zero-order chi connectivity index (χ0) is 16.3. The maximum absolute atomic E-state index is 12.0. The lowest BCUT2D eigenvalue weighted by molar-refractivity contribution is -0.147. The van der Waals surface area contributed by atoms with Crippen molar-refractivity contribution in [3.05, 3.63) is 24.3 Å². The number of anilines is 1. The van der Waals surface area contributed by atoms with E-state index >= 15 is 0 Å². The third kappa shape index (κ3) is 3.66. The van der Waals surface area contributed by atoms with Crippen LogP contribution < -0.4 is 10.1 Å². The Bertz CT molecular complexity index is 571. The van der Waals surface area contributed by atoms with E-state index in [1.54, 1.807) is 12.1 Å². The molecule has 124 valence electrons. The number of aliphatic carboxylic acids is 1. The number of hydrogen-bond acceptors (Lipinski definition) is 3. The minimum Gasteiger partial charge on any atom is -0.493 e. The Hall–Kier alpha value is -2.04. The Labute approximate surface area is 136 Å². The summed E-state index contributed by atoms with van der Waals surface area (Å²) in [6, 6.07) is 7.15. The second-order valence-corrected chi connectivity index (χ2v) is 6.68. The number of ether oxygens (including phenoxy) is 1. The molecular formula is C18H23NO4. The van der Waals surface area contributed by atoms with Crippen molar-refractivity contribution in [2.24, 2.45) is 11.3 Å². The highest BCUT2D eigenvalue weighted by Gasteiger charge is 2.57. The molecule has 0 heterocycles. The van der Waals surface area contributed by atoms with E-state index in [-0.39, 0.29) is 0 Å². The monoisotopic (exact) mass is 317 g/mol. The Morgan fingerprint density at radius 3 is 2.35 bits per heavy atom. The van der Waals surface area contributed by atoms with Crippen molar-refractivity contribution in [2.75, 3.05) is 11.9 Å². The summed E-state index contributed by atoms with van der Waals surface area (Å²) in [7, 11) is 0. The molecule has 1 aromatic carbocycles.